The van der Waals surface area contributed by atoms with E-state index in [-0.39, 0.29) is 5.15 Å². The molecule has 10 heteroatoms. The molecule has 1 aliphatic rings. The van der Waals surface area contributed by atoms with Crippen molar-refractivity contribution >= 4 is 40.7 Å². The molecule has 0 bridgehead atoms. The Labute approximate surface area is 134 Å². The molecule has 3 rings (SSSR count). The molecule has 21 heavy (non-hydrogen) atoms. The number of esters is 1. The Balaban J connectivity index is 1.81. The molecule has 0 aromatic carbocycles. The molecular weight excluding hydrogens is 334 g/mol. The monoisotopic (exact) mass is 345 g/mol. The van der Waals surface area contributed by atoms with Crippen molar-refractivity contribution < 1.29 is 9.53 Å². The molecule has 1 saturated carbocycles. The number of hydrogen-bond donors (Lipinski definition) is 0. The van der Waals surface area contributed by atoms with Crippen molar-refractivity contribution in [3.63, 3.8) is 0 Å². The number of hydrogen-bond acceptors (Lipinski definition) is 8. The molecule has 7 nitrogen and oxygen atoms in total. The number of thiazole rings is 1. The molecule has 0 spiro atoms. The van der Waals surface area contributed by atoms with Gasteiger partial charge in [-0.15, -0.1) is 5.10 Å². The van der Waals surface area contributed by atoms with Crippen LogP contribution in [0.1, 0.15) is 41.4 Å². The topological polar surface area (TPSA) is 82.8 Å². The standard InChI is InChI=1S/C11H12ClN5O2S2/c1-19-9(18)7-8(12)13-11(20-7)21-10-14-15-16-17(10)6-4-2-3-5-6/h6H,2-5H2,1H3. The molecule has 0 radical (unpaired) electrons. The molecule has 0 aliphatic heterocycles. The van der Waals surface area contributed by atoms with E-state index in [2.05, 4.69) is 25.2 Å². The van der Waals surface area contributed by atoms with Gasteiger partial charge in [0.1, 0.15) is 0 Å². The molecule has 0 unspecified atom stereocenters. The summed E-state index contributed by atoms with van der Waals surface area (Å²) in [6.07, 6.45) is 4.57. The Morgan fingerprint density at radius 1 is 1.48 bits per heavy atom. The van der Waals surface area contributed by atoms with Crippen LogP contribution in [0.25, 0.3) is 0 Å². The van der Waals surface area contributed by atoms with E-state index in [4.69, 9.17) is 11.6 Å². The van der Waals surface area contributed by atoms with Gasteiger partial charge in [-0.05, 0) is 35.0 Å². The van der Waals surface area contributed by atoms with Crippen LogP contribution in [0.2, 0.25) is 5.15 Å². The highest BCUT2D eigenvalue weighted by Crippen LogP contribution is 2.37. The largest absolute Gasteiger partial charge is 0.465 e. The summed E-state index contributed by atoms with van der Waals surface area (Å²) < 4.78 is 7.12. The van der Waals surface area contributed by atoms with Crippen LogP contribution in [0.5, 0.6) is 0 Å². The molecular formula is C11H12ClN5O2S2. The van der Waals surface area contributed by atoms with Crippen molar-refractivity contribution in [2.45, 2.75) is 41.2 Å². The highest BCUT2D eigenvalue weighted by molar-refractivity contribution is 8.00. The van der Waals surface area contributed by atoms with Gasteiger partial charge in [0, 0.05) is 0 Å². The average molecular weight is 346 g/mol. The van der Waals surface area contributed by atoms with E-state index in [1.165, 1.54) is 43.1 Å². The number of carbonyl (C=O) groups is 1. The zero-order valence-corrected chi connectivity index (χ0v) is 13.5. The molecule has 0 atom stereocenters. The van der Waals surface area contributed by atoms with E-state index in [1.807, 2.05) is 4.68 Å². The minimum absolute atomic E-state index is 0.147. The lowest BCUT2D eigenvalue weighted by Crippen LogP contribution is -2.08. The molecule has 2 heterocycles. The first-order valence-electron chi connectivity index (χ1n) is 6.39. The third-order valence-electron chi connectivity index (χ3n) is 3.25. The highest BCUT2D eigenvalue weighted by atomic mass is 35.5. The van der Waals surface area contributed by atoms with E-state index in [1.54, 1.807) is 0 Å². The van der Waals surface area contributed by atoms with Gasteiger partial charge >= 0.3 is 5.97 Å². The smallest absolute Gasteiger partial charge is 0.351 e. The summed E-state index contributed by atoms with van der Waals surface area (Å²) in [4.78, 5) is 16.0. The summed E-state index contributed by atoms with van der Waals surface area (Å²) in [5, 5.41) is 12.6. The second-order valence-corrected chi connectivity index (χ2v) is 7.11. The zero-order chi connectivity index (χ0) is 14.8. The summed E-state index contributed by atoms with van der Waals surface area (Å²) in [5.41, 5.74) is 0. The summed E-state index contributed by atoms with van der Waals surface area (Å²) in [5.74, 6) is -0.486. The third kappa shape index (κ3) is 3.04. The van der Waals surface area contributed by atoms with E-state index in [9.17, 15) is 4.79 Å². The highest BCUT2D eigenvalue weighted by Gasteiger charge is 2.24. The first-order valence-corrected chi connectivity index (χ1v) is 8.40. The lowest BCUT2D eigenvalue weighted by molar-refractivity contribution is 0.0606. The van der Waals surface area contributed by atoms with E-state index < -0.39 is 5.97 Å². The van der Waals surface area contributed by atoms with Crippen molar-refractivity contribution in [3.8, 4) is 0 Å². The van der Waals surface area contributed by atoms with E-state index in [0.717, 1.165) is 12.8 Å². The van der Waals surface area contributed by atoms with Gasteiger partial charge in [0.15, 0.2) is 14.4 Å². The molecule has 0 N–H and O–H groups in total. The fourth-order valence-corrected chi connectivity index (χ4v) is 4.53. The minimum atomic E-state index is -0.486. The van der Waals surface area contributed by atoms with Crippen LogP contribution in [0.3, 0.4) is 0 Å². The number of halogens is 1. The Hall–Kier alpha value is -1.19. The number of aromatic nitrogens is 5. The van der Waals surface area contributed by atoms with Crippen molar-refractivity contribution in [3.05, 3.63) is 10.0 Å². The predicted molar refractivity (Wildman–Crippen MR) is 77.9 cm³/mol. The van der Waals surface area contributed by atoms with E-state index >= 15 is 0 Å². The maximum absolute atomic E-state index is 11.5. The molecule has 2 aromatic heterocycles. The van der Waals surface area contributed by atoms with Gasteiger partial charge in [0.05, 0.1) is 13.2 Å². The summed E-state index contributed by atoms with van der Waals surface area (Å²) in [7, 11) is 1.31. The maximum Gasteiger partial charge on any atom is 0.351 e. The quantitative estimate of drug-likeness (QED) is 0.788. The second-order valence-electron chi connectivity index (χ2n) is 4.54. The van der Waals surface area contributed by atoms with Crippen molar-refractivity contribution in [1.82, 2.24) is 25.2 Å². The van der Waals surface area contributed by atoms with Crippen LogP contribution in [-0.2, 0) is 4.74 Å². The Kier molecular flexibility index (Phi) is 4.41. The Morgan fingerprint density at radius 3 is 2.95 bits per heavy atom. The number of methoxy groups -OCH3 is 1. The first kappa shape index (κ1) is 14.7. The summed E-state index contributed by atoms with van der Waals surface area (Å²) in [6.45, 7) is 0. The van der Waals surface area contributed by atoms with Gasteiger partial charge < -0.3 is 4.74 Å². The predicted octanol–water partition coefficient (Wildman–Crippen LogP) is 2.84. The lowest BCUT2D eigenvalue weighted by atomic mass is 10.3. The van der Waals surface area contributed by atoms with E-state index in [0.29, 0.717) is 20.4 Å². The normalized spacial score (nSPS) is 15.5. The summed E-state index contributed by atoms with van der Waals surface area (Å²) in [6, 6.07) is 0.345. The van der Waals surface area contributed by atoms with Crippen molar-refractivity contribution in [1.29, 1.82) is 0 Å². The number of ether oxygens (including phenoxy) is 1. The Morgan fingerprint density at radius 2 is 2.24 bits per heavy atom. The molecule has 0 saturated heterocycles. The number of rotatable bonds is 4. The molecule has 1 aliphatic carbocycles. The number of tetrazole rings is 1. The van der Waals surface area contributed by atoms with Gasteiger partial charge in [0.2, 0.25) is 5.16 Å². The maximum atomic E-state index is 11.5. The summed E-state index contributed by atoms with van der Waals surface area (Å²) >= 11 is 8.44. The molecule has 2 aromatic rings. The molecule has 112 valence electrons. The van der Waals surface area contributed by atoms with Crippen LogP contribution < -0.4 is 0 Å². The number of carbonyl (C=O) groups excluding carboxylic acids is 1. The fourth-order valence-electron chi connectivity index (χ4n) is 2.25. The van der Waals surface area contributed by atoms with Crippen molar-refractivity contribution in [2.24, 2.45) is 0 Å². The molecule has 1 fully saturated rings. The fraction of sp³-hybridized carbons (Fsp3) is 0.545. The minimum Gasteiger partial charge on any atom is -0.465 e. The zero-order valence-electron chi connectivity index (χ0n) is 11.2. The van der Waals surface area contributed by atoms with Gasteiger partial charge in [-0.1, -0.05) is 35.8 Å². The van der Waals surface area contributed by atoms with Crippen LogP contribution >= 0.6 is 34.7 Å². The van der Waals surface area contributed by atoms with Crippen LogP contribution in [0.4, 0.5) is 0 Å². The Bertz CT molecular complexity index is 653. The first-order chi connectivity index (χ1) is 10.2. The average Bonchev–Trinajstić information content (AvgIpc) is 3.18. The number of nitrogens with zero attached hydrogens (tertiary/aromatic N) is 5. The third-order valence-corrected chi connectivity index (χ3v) is 5.68. The van der Waals surface area contributed by atoms with Crippen LogP contribution in [0, 0.1) is 0 Å². The van der Waals surface area contributed by atoms with Crippen LogP contribution in [0.15, 0.2) is 9.50 Å². The second kappa shape index (κ2) is 6.29. The van der Waals surface area contributed by atoms with Gasteiger partial charge in [-0.25, -0.2) is 14.5 Å². The SMILES string of the molecule is COC(=O)c1sc(Sc2nnnn2C2CCCC2)nc1Cl. The van der Waals surface area contributed by atoms with Gasteiger partial charge in [-0.3, -0.25) is 0 Å². The van der Waals surface area contributed by atoms with Gasteiger partial charge in [-0.2, -0.15) is 0 Å². The lowest BCUT2D eigenvalue weighted by Gasteiger charge is -2.09. The van der Waals surface area contributed by atoms with Gasteiger partial charge in [0.25, 0.3) is 0 Å². The van der Waals surface area contributed by atoms with Crippen molar-refractivity contribution in [2.75, 3.05) is 7.11 Å². The van der Waals surface area contributed by atoms with Crippen LogP contribution in [-0.4, -0.2) is 38.3 Å². The molecule has 0 amide bonds.